The number of ketones is 1. The van der Waals surface area contributed by atoms with Gasteiger partial charge in [-0.15, -0.1) is 11.8 Å². The Kier molecular flexibility index (Phi) is 6.58. The Morgan fingerprint density at radius 3 is 2.73 bits per heavy atom. The molecular weight excluding hydrogens is 296 g/mol. The van der Waals surface area contributed by atoms with Crippen molar-refractivity contribution in [3.63, 3.8) is 0 Å². The Balaban J connectivity index is 1.71. The average molecular weight is 322 g/mol. The maximum Gasteiger partial charge on any atom is 0.210 e. The molecule has 0 aromatic heterocycles. The summed E-state index contributed by atoms with van der Waals surface area (Å²) < 4.78 is 5.64. The third kappa shape index (κ3) is 4.65. The van der Waals surface area contributed by atoms with E-state index in [1.165, 1.54) is 11.8 Å². The van der Waals surface area contributed by atoms with E-state index >= 15 is 0 Å². The highest BCUT2D eigenvalue weighted by Crippen LogP contribution is 2.27. The number of carbonyl (C=O) groups excluding carboxylic acids is 1. The van der Waals surface area contributed by atoms with E-state index < -0.39 is 0 Å². The predicted octanol–water partition coefficient (Wildman–Crippen LogP) is 2.65. The van der Waals surface area contributed by atoms with E-state index in [0.717, 1.165) is 38.3 Å². The van der Waals surface area contributed by atoms with Gasteiger partial charge in [0, 0.05) is 25.0 Å². The minimum atomic E-state index is 0.00134. The fourth-order valence-corrected chi connectivity index (χ4v) is 3.15. The first-order valence-electron chi connectivity index (χ1n) is 8.00. The zero-order valence-electron chi connectivity index (χ0n) is 13.7. The van der Waals surface area contributed by atoms with Crippen LogP contribution in [0.3, 0.4) is 0 Å². The van der Waals surface area contributed by atoms with Gasteiger partial charge in [-0.3, -0.25) is 4.79 Å². The number of ether oxygens (including phenoxy) is 1. The van der Waals surface area contributed by atoms with E-state index in [1.807, 2.05) is 12.3 Å². The number of hydrogen-bond donors (Lipinski definition) is 0. The molecule has 0 saturated heterocycles. The summed E-state index contributed by atoms with van der Waals surface area (Å²) in [4.78, 5) is 16.5. The number of allylic oxidation sites excluding steroid dienone is 1. The molecule has 2 rings (SSSR count). The minimum Gasteiger partial charge on any atom is -0.485 e. The van der Waals surface area contributed by atoms with Crippen molar-refractivity contribution >= 4 is 17.5 Å². The van der Waals surface area contributed by atoms with Crippen molar-refractivity contribution in [2.24, 2.45) is 0 Å². The molecule has 1 unspecified atom stereocenters. The van der Waals surface area contributed by atoms with Crippen molar-refractivity contribution in [2.45, 2.75) is 26.0 Å². The van der Waals surface area contributed by atoms with E-state index in [1.54, 1.807) is 0 Å². The van der Waals surface area contributed by atoms with Gasteiger partial charge in [0.25, 0.3) is 0 Å². The maximum absolute atomic E-state index is 11.8. The van der Waals surface area contributed by atoms with Gasteiger partial charge in [0.15, 0.2) is 5.76 Å². The van der Waals surface area contributed by atoms with Crippen LogP contribution in [0.1, 0.15) is 20.8 Å². The molecule has 0 radical (unpaired) electrons. The van der Waals surface area contributed by atoms with Gasteiger partial charge in [0.1, 0.15) is 6.61 Å². The van der Waals surface area contributed by atoms with Crippen LogP contribution in [0.25, 0.3) is 0 Å². The first kappa shape index (κ1) is 17.2. The fourth-order valence-electron chi connectivity index (χ4n) is 2.40. The molecule has 0 aromatic rings. The summed E-state index contributed by atoms with van der Waals surface area (Å²) in [7, 11) is 0. The minimum absolute atomic E-state index is 0.00134. The summed E-state index contributed by atoms with van der Waals surface area (Å²) in [6, 6.07) is 0. The summed E-state index contributed by atoms with van der Waals surface area (Å²) in [5.41, 5.74) is 1.14. The topological polar surface area (TPSA) is 32.8 Å². The number of carbonyl (C=O) groups is 1. The Morgan fingerprint density at radius 2 is 2.18 bits per heavy atom. The van der Waals surface area contributed by atoms with Crippen LogP contribution in [0, 0.1) is 0 Å². The second-order valence-electron chi connectivity index (χ2n) is 5.53. The number of rotatable bonds is 8. The zero-order valence-corrected chi connectivity index (χ0v) is 14.6. The summed E-state index contributed by atoms with van der Waals surface area (Å²) in [6.45, 7) is 12.0. The van der Waals surface area contributed by atoms with Crippen molar-refractivity contribution in [2.75, 3.05) is 39.3 Å². The number of Topliss-reactive ketones (excluding diaryl/α,β-unsaturated/α-hetero) is 1. The molecule has 0 fully saturated rings. The number of nitrogens with zero attached hydrogens (tertiary/aromatic N) is 2. The maximum atomic E-state index is 11.8. The zero-order chi connectivity index (χ0) is 15.9. The van der Waals surface area contributed by atoms with Crippen LogP contribution >= 0.6 is 11.8 Å². The molecule has 2 aliphatic rings. The fraction of sp³-hybridized carbons (Fsp3) is 0.588. The van der Waals surface area contributed by atoms with Gasteiger partial charge in [-0.05, 0) is 37.9 Å². The molecule has 22 heavy (non-hydrogen) atoms. The molecule has 0 saturated carbocycles. The summed E-state index contributed by atoms with van der Waals surface area (Å²) in [6.07, 6.45) is 6.39. The highest BCUT2D eigenvalue weighted by atomic mass is 32.2. The third-order valence-corrected chi connectivity index (χ3v) is 5.04. The van der Waals surface area contributed by atoms with Crippen molar-refractivity contribution in [3.05, 3.63) is 35.1 Å². The van der Waals surface area contributed by atoms with Crippen molar-refractivity contribution in [1.29, 1.82) is 0 Å². The van der Waals surface area contributed by atoms with Crippen LogP contribution in [-0.2, 0) is 9.53 Å². The lowest BCUT2D eigenvalue weighted by molar-refractivity contribution is -0.117. The molecule has 122 valence electrons. The van der Waals surface area contributed by atoms with Crippen molar-refractivity contribution in [3.8, 4) is 0 Å². The van der Waals surface area contributed by atoms with Gasteiger partial charge in [0.05, 0.1) is 5.25 Å². The Hall–Kier alpha value is -1.20. The normalized spacial score (nSPS) is 21.4. The van der Waals surface area contributed by atoms with Gasteiger partial charge >= 0.3 is 0 Å². The molecule has 1 atom stereocenters. The Bertz CT molecular complexity index is 481. The van der Waals surface area contributed by atoms with Crippen LogP contribution in [0.2, 0.25) is 0 Å². The number of hydrogen-bond acceptors (Lipinski definition) is 5. The second-order valence-corrected chi connectivity index (χ2v) is 6.74. The molecule has 5 heteroatoms. The second kappa shape index (κ2) is 8.44. The highest BCUT2D eigenvalue weighted by molar-refractivity contribution is 8.03. The predicted molar refractivity (Wildman–Crippen MR) is 92.7 cm³/mol. The Morgan fingerprint density at radius 1 is 1.41 bits per heavy atom. The molecule has 2 heterocycles. The van der Waals surface area contributed by atoms with Gasteiger partial charge in [-0.25, -0.2) is 0 Å². The summed E-state index contributed by atoms with van der Waals surface area (Å²) in [5.74, 6) is 0.613. The van der Waals surface area contributed by atoms with Gasteiger partial charge in [0.2, 0.25) is 5.78 Å². The smallest absolute Gasteiger partial charge is 0.210 e. The van der Waals surface area contributed by atoms with Gasteiger partial charge < -0.3 is 14.5 Å². The molecule has 0 amide bonds. The lowest BCUT2D eigenvalue weighted by atomic mass is 10.2. The molecule has 0 aromatic carbocycles. The molecule has 0 spiro atoms. The van der Waals surface area contributed by atoms with E-state index in [-0.39, 0.29) is 11.0 Å². The highest BCUT2D eigenvalue weighted by Gasteiger charge is 2.25. The first-order valence-corrected chi connectivity index (χ1v) is 8.94. The SMILES string of the molecule is CCN(CC)CCN1C=CC(COC2=CSC(C)C2=O)=CC1. The molecule has 0 N–H and O–H groups in total. The van der Waals surface area contributed by atoms with Crippen molar-refractivity contribution < 1.29 is 9.53 Å². The lowest BCUT2D eigenvalue weighted by Crippen LogP contribution is -2.33. The van der Waals surface area contributed by atoms with Crippen LogP contribution in [0.4, 0.5) is 0 Å². The lowest BCUT2D eigenvalue weighted by Gasteiger charge is -2.26. The van der Waals surface area contributed by atoms with Crippen LogP contribution in [-0.4, -0.2) is 60.2 Å². The van der Waals surface area contributed by atoms with Crippen LogP contribution in [0.15, 0.2) is 35.1 Å². The molecular formula is C17H26N2O2S. The molecule has 4 nitrogen and oxygen atoms in total. The average Bonchev–Trinajstić information content (AvgIpc) is 2.87. The number of thioether (sulfide) groups is 1. The molecule has 2 aliphatic heterocycles. The van der Waals surface area contributed by atoms with E-state index in [0.29, 0.717) is 12.4 Å². The number of likely N-dealkylation sites (N-methyl/N-ethyl adjacent to an activating group) is 1. The molecule has 0 bridgehead atoms. The van der Waals surface area contributed by atoms with E-state index in [9.17, 15) is 4.79 Å². The van der Waals surface area contributed by atoms with Crippen molar-refractivity contribution in [1.82, 2.24) is 9.80 Å². The van der Waals surface area contributed by atoms with Crippen LogP contribution in [0.5, 0.6) is 0 Å². The van der Waals surface area contributed by atoms with E-state index in [2.05, 4.69) is 42.0 Å². The molecule has 0 aliphatic carbocycles. The van der Waals surface area contributed by atoms with Gasteiger partial charge in [-0.2, -0.15) is 0 Å². The van der Waals surface area contributed by atoms with Gasteiger partial charge in [-0.1, -0.05) is 19.9 Å². The third-order valence-electron chi connectivity index (χ3n) is 4.07. The first-order chi connectivity index (χ1) is 10.6. The summed E-state index contributed by atoms with van der Waals surface area (Å²) >= 11 is 1.53. The monoisotopic (exact) mass is 322 g/mol. The van der Waals surface area contributed by atoms with Crippen LogP contribution < -0.4 is 0 Å². The quantitative estimate of drug-likeness (QED) is 0.686. The Labute approximate surface area is 137 Å². The van der Waals surface area contributed by atoms with E-state index in [4.69, 9.17) is 4.74 Å². The largest absolute Gasteiger partial charge is 0.485 e. The summed E-state index contributed by atoms with van der Waals surface area (Å²) in [5, 5.41) is 1.83. The standard InChI is InChI=1S/C17H26N2O2S/c1-4-18(5-2)10-11-19-8-6-15(7-9-19)12-21-16-13-22-14(3)17(16)20/h6-8,13-14H,4-5,9-12H2,1-3H3.